The third-order valence-electron chi connectivity index (χ3n) is 4.02. The third-order valence-corrected chi connectivity index (χ3v) is 4.02. The fourth-order valence-electron chi connectivity index (χ4n) is 2.76. The van der Waals surface area contributed by atoms with Crippen molar-refractivity contribution in [3.8, 4) is 0 Å². The van der Waals surface area contributed by atoms with Gasteiger partial charge in [-0.2, -0.15) is 0 Å². The number of anilines is 1. The van der Waals surface area contributed by atoms with Gasteiger partial charge in [-0.1, -0.05) is 6.42 Å². The monoisotopic (exact) mass is 252 g/mol. The largest absolute Gasteiger partial charge is 0.368 e. The fraction of sp³-hybridized carbons (Fsp3) is 0.571. The summed E-state index contributed by atoms with van der Waals surface area (Å²) in [5.74, 6) is -0.973. The first kappa shape index (κ1) is 11.9. The van der Waals surface area contributed by atoms with Crippen molar-refractivity contribution < 1.29 is 8.78 Å². The van der Waals surface area contributed by atoms with Gasteiger partial charge >= 0.3 is 0 Å². The van der Waals surface area contributed by atoms with Crippen molar-refractivity contribution in [1.82, 2.24) is 5.32 Å². The first-order chi connectivity index (χ1) is 8.72. The summed E-state index contributed by atoms with van der Waals surface area (Å²) in [6, 6.07) is 4.93. The minimum absolute atomic E-state index is 0.444. The summed E-state index contributed by atoms with van der Waals surface area (Å²) in [4.78, 5) is 2.01. The van der Waals surface area contributed by atoms with Crippen molar-refractivity contribution in [3.05, 3.63) is 29.8 Å². The number of nitrogens with zero attached hydrogens (tertiary/aromatic N) is 1. The molecule has 0 radical (unpaired) electrons. The van der Waals surface area contributed by atoms with Gasteiger partial charge < -0.3 is 10.2 Å². The molecule has 3 rings (SSSR count). The molecule has 0 amide bonds. The van der Waals surface area contributed by atoms with Crippen LogP contribution < -0.4 is 10.2 Å². The molecule has 1 aromatic carbocycles. The molecule has 1 saturated carbocycles. The Labute approximate surface area is 106 Å². The molecule has 1 heterocycles. The molecule has 2 aliphatic rings. The maximum atomic E-state index is 13.7. The predicted molar refractivity (Wildman–Crippen MR) is 67.8 cm³/mol. The molecular weight excluding hydrogens is 234 g/mol. The van der Waals surface area contributed by atoms with Crippen LogP contribution in [0.4, 0.5) is 14.5 Å². The Morgan fingerprint density at radius 2 is 1.94 bits per heavy atom. The zero-order valence-corrected chi connectivity index (χ0v) is 10.3. The van der Waals surface area contributed by atoms with E-state index in [0.29, 0.717) is 17.8 Å². The molecule has 2 fully saturated rings. The van der Waals surface area contributed by atoms with Crippen molar-refractivity contribution in [2.45, 2.75) is 37.8 Å². The number of halogens is 2. The van der Waals surface area contributed by atoms with E-state index in [1.54, 1.807) is 0 Å². The molecule has 4 heteroatoms. The standard InChI is InChI=1S/C14H18F2N2/c15-10-4-5-14(13(16)8-10)18-7-6-12(9-18)17-11-2-1-3-11/h4-5,8,11-12,17H,1-3,6-7,9H2/t12-/m0/s1. The van der Waals surface area contributed by atoms with Crippen molar-refractivity contribution in [3.63, 3.8) is 0 Å². The van der Waals surface area contributed by atoms with Crippen molar-refractivity contribution in [2.24, 2.45) is 0 Å². The van der Waals surface area contributed by atoms with Crippen LogP contribution in [0, 0.1) is 11.6 Å². The summed E-state index contributed by atoms with van der Waals surface area (Å²) >= 11 is 0. The van der Waals surface area contributed by atoms with Gasteiger partial charge in [0, 0.05) is 31.2 Å². The van der Waals surface area contributed by atoms with Gasteiger partial charge in [-0.25, -0.2) is 8.78 Å². The van der Waals surface area contributed by atoms with Crippen molar-refractivity contribution >= 4 is 5.69 Å². The lowest BCUT2D eigenvalue weighted by atomic mass is 9.92. The highest BCUT2D eigenvalue weighted by atomic mass is 19.1. The molecule has 0 bridgehead atoms. The quantitative estimate of drug-likeness (QED) is 0.889. The molecule has 1 aliphatic heterocycles. The normalized spacial score (nSPS) is 24.3. The molecule has 1 aliphatic carbocycles. The second-order valence-electron chi connectivity index (χ2n) is 5.32. The Bertz CT molecular complexity index is 432. The lowest BCUT2D eigenvalue weighted by molar-refractivity contribution is 0.311. The molecule has 1 atom stereocenters. The summed E-state index contributed by atoms with van der Waals surface area (Å²) in [7, 11) is 0. The van der Waals surface area contributed by atoms with Gasteiger partial charge in [-0.15, -0.1) is 0 Å². The van der Waals surface area contributed by atoms with Crippen LogP contribution in [0.3, 0.4) is 0 Å². The molecule has 2 nitrogen and oxygen atoms in total. The lowest BCUT2D eigenvalue weighted by Gasteiger charge is -2.30. The van der Waals surface area contributed by atoms with Gasteiger partial charge in [0.05, 0.1) is 5.69 Å². The summed E-state index contributed by atoms with van der Waals surface area (Å²) in [5.41, 5.74) is 0.523. The summed E-state index contributed by atoms with van der Waals surface area (Å²) in [6.45, 7) is 1.66. The Morgan fingerprint density at radius 1 is 1.11 bits per heavy atom. The summed E-state index contributed by atoms with van der Waals surface area (Å²) < 4.78 is 26.5. The molecule has 0 aromatic heterocycles. The molecule has 1 N–H and O–H groups in total. The molecule has 0 spiro atoms. The van der Waals surface area contributed by atoms with E-state index in [9.17, 15) is 8.78 Å². The number of rotatable bonds is 3. The molecule has 1 saturated heterocycles. The average molecular weight is 252 g/mol. The SMILES string of the molecule is Fc1ccc(N2CC[C@H](NC3CCC3)C2)c(F)c1. The number of nitrogens with one attached hydrogen (secondary N) is 1. The Hall–Kier alpha value is -1.16. The van der Waals surface area contributed by atoms with Crippen molar-refractivity contribution in [2.75, 3.05) is 18.0 Å². The highest BCUT2D eigenvalue weighted by Gasteiger charge is 2.28. The second-order valence-corrected chi connectivity index (χ2v) is 5.32. The van der Waals surface area contributed by atoms with Crippen LogP contribution in [0.15, 0.2) is 18.2 Å². The summed E-state index contributed by atoms with van der Waals surface area (Å²) in [6.07, 6.45) is 4.89. The molecule has 0 unspecified atom stereocenters. The number of benzene rings is 1. The van der Waals surface area contributed by atoms with Crippen LogP contribution in [0.5, 0.6) is 0 Å². The van der Waals surface area contributed by atoms with Gasteiger partial charge in [0.15, 0.2) is 0 Å². The van der Waals surface area contributed by atoms with E-state index >= 15 is 0 Å². The van der Waals surface area contributed by atoms with Crippen LogP contribution in [0.2, 0.25) is 0 Å². The molecular formula is C14H18F2N2. The first-order valence-electron chi connectivity index (χ1n) is 6.68. The molecule has 98 valence electrons. The number of hydrogen-bond acceptors (Lipinski definition) is 2. The minimum Gasteiger partial charge on any atom is -0.368 e. The Morgan fingerprint density at radius 3 is 2.61 bits per heavy atom. The van der Waals surface area contributed by atoms with E-state index in [-0.39, 0.29) is 0 Å². The minimum atomic E-state index is -0.514. The Kier molecular flexibility index (Phi) is 3.20. The van der Waals surface area contributed by atoms with E-state index < -0.39 is 11.6 Å². The first-order valence-corrected chi connectivity index (χ1v) is 6.68. The van der Waals surface area contributed by atoms with Crippen LogP contribution in [0.25, 0.3) is 0 Å². The molecule has 1 aromatic rings. The van der Waals surface area contributed by atoms with Crippen LogP contribution >= 0.6 is 0 Å². The lowest BCUT2D eigenvalue weighted by Crippen LogP contribution is -2.43. The van der Waals surface area contributed by atoms with Gasteiger partial charge in [0.2, 0.25) is 0 Å². The van der Waals surface area contributed by atoms with E-state index in [1.165, 1.54) is 31.4 Å². The molecule has 18 heavy (non-hydrogen) atoms. The number of hydrogen-bond donors (Lipinski definition) is 1. The van der Waals surface area contributed by atoms with Crippen molar-refractivity contribution in [1.29, 1.82) is 0 Å². The maximum absolute atomic E-state index is 13.7. The zero-order chi connectivity index (χ0) is 12.5. The average Bonchev–Trinajstić information content (AvgIpc) is 2.72. The van der Waals surface area contributed by atoms with Crippen LogP contribution in [-0.4, -0.2) is 25.2 Å². The zero-order valence-electron chi connectivity index (χ0n) is 10.3. The van der Waals surface area contributed by atoms with Crippen LogP contribution in [-0.2, 0) is 0 Å². The third kappa shape index (κ3) is 2.34. The van der Waals surface area contributed by atoms with E-state index in [4.69, 9.17) is 0 Å². The van der Waals surface area contributed by atoms with E-state index in [1.807, 2.05) is 4.90 Å². The Balaban J connectivity index is 1.63. The smallest absolute Gasteiger partial charge is 0.149 e. The van der Waals surface area contributed by atoms with Gasteiger partial charge in [0.1, 0.15) is 11.6 Å². The second kappa shape index (κ2) is 4.84. The highest BCUT2D eigenvalue weighted by molar-refractivity contribution is 5.49. The van der Waals surface area contributed by atoms with E-state index in [0.717, 1.165) is 25.6 Å². The maximum Gasteiger partial charge on any atom is 0.149 e. The van der Waals surface area contributed by atoms with Gasteiger partial charge in [-0.05, 0) is 31.4 Å². The highest BCUT2D eigenvalue weighted by Crippen LogP contribution is 2.26. The topological polar surface area (TPSA) is 15.3 Å². The van der Waals surface area contributed by atoms with Gasteiger partial charge in [-0.3, -0.25) is 0 Å². The van der Waals surface area contributed by atoms with Gasteiger partial charge in [0.25, 0.3) is 0 Å². The predicted octanol–water partition coefficient (Wildman–Crippen LogP) is 2.69. The van der Waals surface area contributed by atoms with Crippen LogP contribution in [0.1, 0.15) is 25.7 Å². The fourth-order valence-corrected chi connectivity index (χ4v) is 2.76. The summed E-state index contributed by atoms with van der Waals surface area (Å²) in [5, 5.41) is 3.61. The van der Waals surface area contributed by atoms with E-state index in [2.05, 4.69) is 5.32 Å².